The lowest BCUT2D eigenvalue weighted by Crippen LogP contribution is -2.20. The Hall–Kier alpha value is -2.45. The summed E-state index contributed by atoms with van der Waals surface area (Å²) in [5.74, 6) is 0. The molecule has 0 radical (unpaired) electrons. The molecule has 21 heavy (non-hydrogen) atoms. The van der Waals surface area contributed by atoms with E-state index < -0.39 is 0 Å². The maximum Gasteiger partial charge on any atom is 0.268 e. The first kappa shape index (κ1) is 12.3. The fourth-order valence-electron chi connectivity index (χ4n) is 2.61. The third kappa shape index (κ3) is 2.14. The number of hydrogen-bond donors (Lipinski definition) is 0. The minimum Gasteiger partial charge on any atom is -0.150 e. The van der Waals surface area contributed by atoms with Gasteiger partial charge >= 0.3 is 0 Å². The molecular weight excluding hydrogens is 274 g/mol. The molecule has 0 amide bonds. The molecule has 2 aromatic carbocycles. The number of thiazole rings is 1. The summed E-state index contributed by atoms with van der Waals surface area (Å²) < 4.78 is 2.28. The van der Waals surface area contributed by atoms with Gasteiger partial charge in [0.05, 0.1) is 0 Å². The van der Waals surface area contributed by atoms with Crippen LogP contribution >= 0.6 is 11.3 Å². The largest absolute Gasteiger partial charge is 0.268 e. The van der Waals surface area contributed by atoms with Crippen LogP contribution in [0.2, 0.25) is 0 Å². The van der Waals surface area contributed by atoms with E-state index in [4.69, 9.17) is 0 Å². The molecule has 2 heterocycles. The molecule has 4 rings (SSSR count). The van der Waals surface area contributed by atoms with E-state index in [1.165, 1.54) is 26.5 Å². The van der Waals surface area contributed by atoms with E-state index in [0.717, 1.165) is 0 Å². The lowest BCUT2D eigenvalue weighted by Gasteiger charge is -1.99. The molecule has 2 aromatic heterocycles. The zero-order valence-electron chi connectivity index (χ0n) is 11.4. The minimum atomic E-state index is 1.25. The van der Waals surface area contributed by atoms with Crippen molar-refractivity contribution in [2.75, 3.05) is 0 Å². The molecule has 4 aromatic rings. The molecule has 0 bridgehead atoms. The van der Waals surface area contributed by atoms with Crippen molar-refractivity contribution < 1.29 is 4.40 Å². The quantitative estimate of drug-likeness (QED) is 0.466. The monoisotopic (exact) mass is 288 g/mol. The Bertz CT molecular complexity index is 879. The second-order valence-corrected chi connectivity index (χ2v) is 5.95. The molecular formula is C19H14NS+. The standard InChI is InChI=1S/C19H14NS/c1-3-9-15(10-4-1)18-19(16-11-5-2-6-12-16)21-17-13-7-8-14-20(17)18/h1-14H/q+1. The summed E-state index contributed by atoms with van der Waals surface area (Å²) in [6.45, 7) is 0. The van der Waals surface area contributed by atoms with Gasteiger partial charge in [-0.25, -0.2) is 0 Å². The molecule has 0 aliphatic carbocycles. The fraction of sp³-hybridized carbons (Fsp3) is 0. The van der Waals surface area contributed by atoms with Crippen LogP contribution < -0.4 is 4.40 Å². The smallest absolute Gasteiger partial charge is 0.150 e. The van der Waals surface area contributed by atoms with E-state index in [0.29, 0.717) is 0 Å². The predicted molar refractivity (Wildman–Crippen MR) is 88.4 cm³/mol. The van der Waals surface area contributed by atoms with Gasteiger partial charge in [0, 0.05) is 17.7 Å². The lowest BCUT2D eigenvalue weighted by molar-refractivity contribution is -0.494. The molecule has 0 spiro atoms. The maximum atomic E-state index is 2.28. The summed E-state index contributed by atoms with van der Waals surface area (Å²) in [5, 5.41) is 0. The van der Waals surface area contributed by atoms with E-state index in [1.807, 2.05) is 11.3 Å². The van der Waals surface area contributed by atoms with Crippen LogP contribution in [0.3, 0.4) is 0 Å². The average molecular weight is 288 g/mol. The van der Waals surface area contributed by atoms with E-state index in [1.54, 1.807) is 0 Å². The van der Waals surface area contributed by atoms with Gasteiger partial charge in [0.25, 0.3) is 4.83 Å². The number of rotatable bonds is 2. The molecule has 0 aliphatic heterocycles. The second-order valence-electron chi connectivity index (χ2n) is 4.92. The van der Waals surface area contributed by atoms with Crippen LogP contribution in [0.15, 0.2) is 85.1 Å². The third-order valence-electron chi connectivity index (χ3n) is 3.57. The molecule has 2 heteroatoms. The highest BCUT2D eigenvalue weighted by atomic mass is 32.1. The Morgan fingerprint density at radius 1 is 0.619 bits per heavy atom. The van der Waals surface area contributed by atoms with Gasteiger partial charge in [-0.15, -0.1) is 4.40 Å². The number of aromatic nitrogens is 1. The van der Waals surface area contributed by atoms with Crippen molar-refractivity contribution in [3.8, 4) is 21.7 Å². The average Bonchev–Trinajstić information content (AvgIpc) is 2.96. The molecule has 0 N–H and O–H groups in total. The SMILES string of the molecule is c1ccc(-c2sc3cccc[n+]3c2-c2ccccc2)cc1. The first-order chi connectivity index (χ1) is 10.4. The fourth-order valence-corrected chi connectivity index (χ4v) is 3.78. The summed E-state index contributed by atoms with van der Waals surface area (Å²) >= 11 is 1.83. The van der Waals surface area contributed by atoms with Crippen LogP contribution in [0.25, 0.3) is 26.5 Å². The van der Waals surface area contributed by atoms with Gasteiger partial charge in [-0.1, -0.05) is 59.9 Å². The zero-order valence-corrected chi connectivity index (χ0v) is 12.3. The summed E-state index contributed by atoms with van der Waals surface area (Å²) in [7, 11) is 0. The number of pyridine rings is 1. The Labute approximate surface area is 127 Å². The molecule has 0 atom stereocenters. The van der Waals surface area contributed by atoms with Gasteiger partial charge in [0.1, 0.15) is 4.88 Å². The van der Waals surface area contributed by atoms with E-state index in [2.05, 4.69) is 89.5 Å². The number of fused-ring (bicyclic) bond motifs is 1. The van der Waals surface area contributed by atoms with Crippen molar-refractivity contribution >= 4 is 16.2 Å². The Morgan fingerprint density at radius 2 is 1.24 bits per heavy atom. The van der Waals surface area contributed by atoms with Crippen molar-refractivity contribution in [1.29, 1.82) is 0 Å². The highest BCUT2D eigenvalue weighted by Gasteiger charge is 2.22. The van der Waals surface area contributed by atoms with Crippen molar-refractivity contribution in [2.45, 2.75) is 0 Å². The topological polar surface area (TPSA) is 4.10 Å². The van der Waals surface area contributed by atoms with Crippen LogP contribution in [-0.4, -0.2) is 0 Å². The summed E-state index contributed by atoms with van der Waals surface area (Å²) in [4.78, 5) is 2.57. The van der Waals surface area contributed by atoms with Crippen LogP contribution in [0.1, 0.15) is 0 Å². The minimum absolute atomic E-state index is 1.25. The summed E-state index contributed by atoms with van der Waals surface area (Å²) in [6, 6.07) is 27.6. The van der Waals surface area contributed by atoms with Crippen molar-refractivity contribution in [3.63, 3.8) is 0 Å². The first-order valence-corrected chi connectivity index (χ1v) is 7.79. The molecule has 0 unspecified atom stereocenters. The van der Waals surface area contributed by atoms with Crippen molar-refractivity contribution in [1.82, 2.24) is 0 Å². The summed E-state index contributed by atoms with van der Waals surface area (Å²) in [6.07, 6.45) is 2.14. The third-order valence-corrected chi connectivity index (χ3v) is 4.74. The Kier molecular flexibility index (Phi) is 3.02. The van der Waals surface area contributed by atoms with E-state index in [-0.39, 0.29) is 0 Å². The van der Waals surface area contributed by atoms with Gasteiger partial charge in [-0.3, -0.25) is 0 Å². The van der Waals surface area contributed by atoms with Gasteiger partial charge in [-0.05, 0) is 23.8 Å². The highest BCUT2D eigenvalue weighted by molar-refractivity contribution is 7.20. The lowest BCUT2D eigenvalue weighted by atomic mass is 10.1. The molecule has 100 valence electrons. The molecule has 0 saturated heterocycles. The Morgan fingerprint density at radius 3 is 1.95 bits per heavy atom. The number of benzene rings is 2. The number of nitrogens with zero attached hydrogens (tertiary/aromatic N) is 1. The maximum absolute atomic E-state index is 2.28. The second kappa shape index (κ2) is 5.15. The molecule has 0 aliphatic rings. The van der Waals surface area contributed by atoms with E-state index >= 15 is 0 Å². The number of hydrogen-bond acceptors (Lipinski definition) is 1. The van der Waals surface area contributed by atoms with Crippen molar-refractivity contribution in [2.24, 2.45) is 0 Å². The highest BCUT2D eigenvalue weighted by Crippen LogP contribution is 2.35. The van der Waals surface area contributed by atoms with Crippen LogP contribution in [0.4, 0.5) is 0 Å². The van der Waals surface area contributed by atoms with Crippen molar-refractivity contribution in [3.05, 3.63) is 85.1 Å². The molecule has 0 saturated carbocycles. The van der Waals surface area contributed by atoms with Gasteiger partial charge < -0.3 is 0 Å². The zero-order chi connectivity index (χ0) is 14.1. The Balaban J connectivity index is 2.07. The van der Waals surface area contributed by atoms with Gasteiger partial charge in [-0.2, -0.15) is 0 Å². The first-order valence-electron chi connectivity index (χ1n) is 6.97. The van der Waals surface area contributed by atoms with Crippen LogP contribution in [0.5, 0.6) is 0 Å². The van der Waals surface area contributed by atoms with E-state index in [9.17, 15) is 0 Å². The summed E-state index contributed by atoms with van der Waals surface area (Å²) in [5.41, 5.74) is 3.78. The van der Waals surface area contributed by atoms with Gasteiger partial charge in [0.15, 0.2) is 6.20 Å². The predicted octanol–water partition coefficient (Wildman–Crippen LogP) is 4.82. The molecule has 0 fully saturated rings. The van der Waals surface area contributed by atoms with Crippen LogP contribution in [0, 0.1) is 0 Å². The normalized spacial score (nSPS) is 10.9. The van der Waals surface area contributed by atoms with Crippen LogP contribution in [-0.2, 0) is 0 Å². The molecule has 1 nitrogen and oxygen atoms in total. The van der Waals surface area contributed by atoms with Gasteiger partial charge in [0.2, 0.25) is 5.69 Å².